The zero-order chi connectivity index (χ0) is 17.6. The average molecular weight is 403 g/mol. The number of benzene rings is 2. The summed E-state index contributed by atoms with van der Waals surface area (Å²) in [5, 5.41) is 0. The molecule has 1 aliphatic heterocycles. The van der Waals surface area contributed by atoms with E-state index in [0.29, 0.717) is 13.0 Å². The van der Waals surface area contributed by atoms with Gasteiger partial charge in [0.15, 0.2) is 0 Å². The van der Waals surface area contributed by atoms with Crippen LogP contribution in [0.1, 0.15) is 18.0 Å². The fraction of sp³-hybridized carbons (Fsp3) is 0.350. The van der Waals surface area contributed by atoms with Crippen molar-refractivity contribution in [3.05, 3.63) is 64.6 Å². The summed E-state index contributed by atoms with van der Waals surface area (Å²) in [6, 6.07) is 18.1. The Bertz CT molecular complexity index is 708. The predicted molar refractivity (Wildman–Crippen MR) is 103 cm³/mol. The summed E-state index contributed by atoms with van der Waals surface area (Å²) in [4.78, 5) is 17.0. The Kier molecular flexibility index (Phi) is 6.10. The van der Waals surface area contributed by atoms with Gasteiger partial charge in [0.25, 0.3) is 0 Å². The highest BCUT2D eigenvalue weighted by molar-refractivity contribution is 9.10. The average Bonchev–Trinajstić information content (AvgIpc) is 2.62. The molecule has 25 heavy (non-hydrogen) atoms. The normalized spacial score (nSPS) is 18.2. The van der Waals surface area contributed by atoms with E-state index < -0.39 is 0 Å². The number of hydrogen-bond acceptors (Lipinski definition) is 3. The second kappa shape index (κ2) is 8.50. The number of nitrogens with zero attached hydrogens (tertiary/aromatic N) is 2. The van der Waals surface area contributed by atoms with E-state index in [9.17, 15) is 4.79 Å². The Morgan fingerprint density at radius 2 is 1.96 bits per heavy atom. The van der Waals surface area contributed by atoms with Crippen molar-refractivity contribution in [3.8, 4) is 5.75 Å². The first-order chi connectivity index (χ1) is 12.1. The van der Waals surface area contributed by atoms with Crippen LogP contribution < -0.4 is 4.74 Å². The Hall–Kier alpha value is -1.85. The largest absolute Gasteiger partial charge is 0.493 e. The number of halogens is 1. The lowest BCUT2D eigenvalue weighted by atomic mass is 10.0. The Morgan fingerprint density at radius 1 is 1.16 bits per heavy atom. The molecule has 0 bridgehead atoms. The van der Waals surface area contributed by atoms with Gasteiger partial charge < -0.3 is 14.5 Å². The van der Waals surface area contributed by atoms with Crippen molar-refractivity contribution >= 4 is 21.8 Å². The number of likely N-dealkylation sites (N-methyl/N-ethyl adjacent to an activating group) is 1. The number of piperazine rings is 1. The summed E-state index contributed by atoms with van der Waals surface area (Å²) >= 11 is 3.43. The first-order valence-corrected chi connectivity index (χ1v) is 9.34. The van der Waals surface area contributed by atoms with Crippen LogP contribution in [-0.4, -0.2) is 49.0 Å². The summed E-state index contributed by atoms with van der Waals surface area (Å²) in [5.41, 5.74) is 1.19. The molecule has 2 aromatic rings. The van der Waals surface area contributed by atoms with Gasteiger partial charge in [-0.25, -0.2) is 0 Å². The SMILES string of the molecule is CN1CCN(C(=O)CCOc2cccc(Br)c2)C(c2ccccc2)C1. The third-order valence-electron chi connectivity index (χ3n) is 4.47. The first kappa shape index (κ1) is 18.0. The third-order valence-corrected chi connectivity index (χ3v) is 4.96. The second-order valence-electron chi connectivity index (χ2n) is 6.33. The lowest BCUT2D eigenvalue weighted by Crippen LogP contribution is -2.49. The van der Waals surface area contributed by atoms with Crippen LogP contribution in [0.25, 0.3) is 0 Å². The number of carbonyl (C=O) groups is 1. The minimum absolute atomic E-state index is 0.110. The Morgan fingerprint density at radius 3 is 2.72 bits per heavy atom. The van der Waals surface area contributed by atoms with Gasteiger partial charge >= 0.3 is 0 Å². The maximum Gasteiger partial charge on any atom is 0.226 e. The van der Waals surface area contributed by atoms with Crippen LogP contribution in [-0.2, 0) is 4.79 Å². The van der Waals surface area contributed by atoms with Crippen LogP contribution in [0, 0.1) is 0 Å². The topological polar surface area (TPSA) is 32.8 Å². The van der Waals surface area contributed by atoms with Crippen molar-refractivity contribution in [2.24, 2.45) is 0 Å². The molecular weight excluding hydrogens is 380 g/mol. The maximum atomic E-state index is 12.8. The molecule has 1 fully saturated rings. The summed E-state index contributed by atoms with van der Waals surface area (Å²) in [6.45, 7) is 2.92. The fourth-order valence-electron chi connectivity index (χ4n) is 3.13. The number of hydrogen-bond donors (Lipinski definition) is 0. The van der Waals surface area contributed by atoms with E-state index in [1.807, 2.05) is 47.4 Å². The van der Waals surface area contributed by atoms with Gasteiger partial charge in [-0.3, -0.25) is 4.79 Å². The predicted octanol–water partition coefficient (Wildman–Crippen LogP) is 3.73. The third kappa shape index (κ3) is 4.83. The molecule has 0 aromatic heterocycles. The summed E-state index contributed by atoms with van der Waals surface area (Å²) in [6.07, 6.45) is 0.388. The number of rotatable bonds is 5. The molecule has 0 aliphatic carbocycles. The van der Waals surface area contributed by atoms with Crippen LogP contribution >= 0.6 is 15.9 Å². The molecular formula is C20H23BrN2O2. The molecule has 1 saturated heterocycles. The molecule has 4 nitrogen and oxygen atoms in total. The van der Waals surface area contributed by atoms with Gasteiger partial charge in [0, 0.05) is 24.1 Å². The highest BCUT2D eigenvalue weighted by Crippen LogP contribution is 2.25. The zero-order valence-corrected chi connectivity index (χ0v) is 16.0. The lowest BCUT2D eigenvalue weighted by Gasteiger charge is -2.40. The van der Waals surface area contributed by atoms with Crippen LogP contribution in [0.15, 0.2) is 59.1 Å². The van der Waals surface area contributed by atoms with E-state index in [1.54, 1.807) is 0 Å². The molecule has 1 heterocycles. The van der Waals surface area contributed by atoms with Crippen molar-refractivity contribution in [2.45, 2.75) is 12.5 Å². The van der Waals surface area contributed by atoms with Crippen LogP contribution in [0.2, 0.25) is 0 Å². The number of amides is 1. The molecule has 1 unspecified atom stereocenters. The molecule has 5 heteroatoms. The van der Waals surface area contributed by atoms with E-state index in [1.165, 1.54) is 5.56 Å². The second-order valence-corrected chi connectivity index (χ2v) is 7.25. The van der Waals surface area contributed by atoms with E-state index in [-0.39, 0.29) is 11.9 Å². The standard InChI is InChI=1S/C20H23BrN2O2/c1-22-11-12-23(19(15-22)16-6-3-2-4-7-16)20(24)10-13-25-18-9-5-8-17(21)14-18/h2-9,14,19H,10-13,15H2,1H3. The van der Waals surface area contributed by atoms with Crippen molar-refractivity contribution in [3.63, 3.8) is 0 Å². The monoisotopic (exact) mass is 402 g/mol. The molecule has 0 radical (unpaired) electrons. The van der Waals surface area contributed by atoms with Crippen molar-refractivity contribution in [2.75, 3.05) is 33.3 Å². The summed E-state index contributed by atoms with van der Waals surface area (Å²) < 4.78 is 6.69. The van der Waals surface area contributed by atoms with Crippen molar-refractivity contribution < 1.29 is 9.53 Å². The lowest BCUT2D eigenvalue weighted by molar-refractivity contribution is -0.136. The summed E-state index contributed by atoms with van der Waals surface area (Å²) in [5.74, 6) is 0.928. The van der Waals surface area contributed by atoms with Gasteiger partial charge in [-0.15, -0.1) is 0 Å². The minimum Gasteiger partial charge on any atom is -0.493 e. The number of ether oxygens (including phenoxy) is 1. The highest BCUT2D eigenvalue weighted by Gasteiger charge is 2.29. The molecule has 1 aliphatic rings. The smallest absolute Gasteiger partial charge is 0.226 e. The number of carbonyl (C=O) groups excluding carboxylic acids is 1. The van der Waals surface area contributed by atoms with Gasteiger partial charge in [0.1, 0.15) is 5.75 Å². The first-order valence-electron chi connectivity index (χ1n) is 8.55. The molecule has 0 N–H and O–H groups in total. The minimum atomic E-state index is 0.110. The van der Waals surface area contributed by atoms with E-state index in [2.05, 4.69) is 40.0 Å². The van der Waals surface area contributed by atoms with Crippen molar-refractivity contribution in [1.29, 1.82) is 0 Å². The van der Waals surface area contributed by atoms with E-state index in [4.69, 9.17) is 4.74 Å². The van der Waals surface area contributed by atoms with E-state index in [0.717, 1.165) is 29.9 Å². The van der Waals surface area contributed by atoms with Gasteiger partial charge in [-0.05, 0) is 30.8 Å². The van der Waals surface area contributed by atoms with Gasteiger partial charge in [0.05, 0.1) is 19.1 Å². The molecule has 1 amide bonds. The van der Waals surface area contributed by atoms with Gasteiger partial charge in [0.2, 0.25) is 5.91 Å². The molecule has 1 atom stereocenters. The fourth-order valence-corrected chi connectivity index (χ4v) is 3.51. The van der Waals surface area contributed by atoms with Gasteiger partial charge in [-0.2, -0.15) is 0 Å². The van der Waals surface area contributed by atoms with Crippen LogP contribution in [0.3, 0.4) is 0 Å². The summed E-state index contributed by atoms with van der Waals surface area (Å²) in [7, 11) is 2.11. The highest BCUT2D eigenvalue weighted by atomic mass is 79.9. The Labute approximate surface area is 157 Å². The molecule has 2 aromatic carbocycles. The van der Waals surface area contributed by atoms with Crippen LogP contribution in [0.5, 0.6) is 5.75 Å². The Balaban J connectivity index is 1.61. The zero-order valence-electron chi connectivity index (χ0n) is 14.4. The molecule has 0 spiro atoms. The maximum absolute atomic E-state index is 12.8. The van der Waals surface area contributed by atoms with Crippen molar-refractivity contribution in [1.82, 2.24) is 9.80 Å². The molecule has 132 valence electrons. The quantitative estimate of drug-likeness (QED) is 0.763. The molecule has 0 saturated carbocycles. The molecule has 3 rings (SSSR count). The van der Waals surface area contributed by atoms with Gasteiger partial charge in [-0.1, -0.05) is 52.3 Å². The van der Waals surface area contributed by atoms with E-state index >= 15 is 0 Å². The van der Waals surface area contributed by atoms with Crippen LogP contribution in [0.4, 0.5) is 0 Å².